The number of hydrogen-bond acceptors (Lipinski definition) is 2. The average molecular weight is 237 g/mol. The molecule has 17 heavy (non-hydrogen) atoms. The predicted molar refractivity (Wildman–Crippen MR) is 65.6 cm³/mol. The Kier molecular flexibility index (Phi) is 5.46. The molecule has 0 unspecified atom stereocenters. The number of carbonyl (C=O) groups is 2. The Morgan fingerprint density at radius 2 is 1.94 bits per heavy atom. The van der Waals surface area contributed by atoms with Crippen LogP contribution in [-0.4, -0.2) is 34.5 Å². The van der Waals surface area contributed by atoms with Crippen molar-refractivity contribution >= 4 is 11.9 Å². The summed E-state index contributed by atoms with van der Waals surface area (Å²) in [6, 6.07) is 0.0915. The van der Waals surface area contributed by atoms with Crippen molar-refractivity contribution in [1.82, 2.24) is 4.90 Å². The van der Waals surface area contributed by atoms with Crippen LogP contribution < -0.4 is 0 Å². The molecule has 0 bridgehead atoms. The Balaban J connectivity index is 2.67. The van der Waals surface area contributed by atoms with Gasteiger partial charge in [-0.15, -0.1) is 0 Å². The lowest BCUT2D eigenvalue weighted by Gasteiger charge is -2.26. The SMILES string of the molecule is C/C=C/C=C/C(=O)N(CC(=O)O)C1CCCC1. The zero-order valence-corrected chi connectivity index (χ0v) is 10.1. The minimum atomic E-state index is -0.954. The van der Waals surface area contributed by atoms with Crippen molar-refractivity contribution in [2.75, 3.05) is 6.54 Å². The summed E-state index contributed by atoms with van der Waals surface area (Å²) in [6.07, 6.45) is 10.6. The van der Waals surface area contributed by atoms with Crippen LogP contribution in [0, 0.1) is 0 Å². The van der Waals surface area contributed by atoms with Gasteiger partial charge in [0.1, 0.15) is 6.54 Å². The lowest BCUT2D eigenvalue weighted by atomic mass is 10.2. The molecule has 0 aromatic carbocycles. The van der Waals surface area contributed by atoms with Crippen molar-refractivity contribution in [1.29, 1.82) is 0 Å². The zero-order valence-electron chi connectivity index (χ0n) is 10.1. The lowest BCUT2D eigenvalue weighted by Crippen LogP contribution is -2.41. The second-order valence-corrected chi connectivity index (χ2v) is 4.18. The Morgan fingerprint density at radius 3 is 2.47 bits per heavy atom. The summed E-state index contributed by atoms with van der Waals surface area (Å²) in [4.78, 5) is 24.1. The first-order valence-corrected chi connectivity index (χ1v) is 5.97. The van der Waals surface area contributed by atoms with Crippen molar-refractivity contribution in [3.63, 3.8) is 0 Å². The van der Waals surface area contributed by atoms with E-state index in [0.717, 1.165) is 25.7 Å². The number of aliphatic carboxylic acids is 1. The van der Waals surface area contributed by atoms with Crippen LogP contribution in [0.2, 0.25) is 0 Å². The first-order chi connectivity index (χ1) is 8.15. The van der Waals surface area contributed by atoms with E-state index in [9.17, 15) is 9.59 Å². The predicted octanol–water partition coefficient (Wildman–Crippen LogP) is 1.97. The quantitative estimate of drug-likeness (QED) is 0.587. The molecule has 4 heteroatoms. The van der Waals surface area contributed by atoms with E-state index >= 15 is 0 Å². The van der Waals surface area contributed by atoms with Crippen molar-refractivity contribution in [2.45, 2.75) is 38.6 Å². The standard InChI is InChI=1S/C13H19NO3/c1-2-3-4-9-12(15)14(10-13(16)17)11-7-5-6-8-11/h2-4,9,11H,5-8,10H2,1H3,(H,16,17)/b3-2+,9-4+. The molecule has 4 nitrogen and oxygen atoms in total. The Bertz CT molecular complexity index is 328. The third-order valence-electron chi connectivity index (χ3n) is 2.90. The van der Waals surface area contributed by atoms with Crippen LogP contribution in [0.25, 0.3) is 0 Å². The van der Waals surface area contributed by atoms with Crippen LogP contribution >= 0.6 is 0 Å². The second kappa shape index (κ2) is 6.89. The van der Waals surface area contributed by atoms with Gasteiger partial charge in [0, 0.05) is 12.1 Å². The van der Waals surface area contributed by atoms with Gasteiger partial charge in [-0.2, -0.15) is 0 Å². The highest BCUT2D eigenvalue weighted by molar-refractivity contribution is 5.90. The van der Waals surface area contributed by atoms with E-state index in [1.165, 1.54) is 11.0 Å². The molecule has 94 valence electrons. The number of nitrogens with zero attached hydrogens (tertiary/aromatic N) is 1. The molecule has 0 aromatic rings. The number of hydrogen-bond donors (Lipinski definition) is 1. The summed E-state index contributed by atoms with van der Waals surface area (Å²) in [5.74, 6) is -1.16. The third kappa shape index (κ3) is 4.43. The molecule has 1 fully saturated rings. The molecule has 1 rings (SSSR count). The maximum atomic E-state index is 11.9. The van der Waals surface area contributed by atoms with Gasteiger partial charge >= 0.3 is 5.97 Å². The van der Waals surface area contributed by atoms with E-state index in [1.54, 1.807) is 12.2 Å². The first kappa shape index (κ1) is 13.5. The topological polar surface area (TPSA) is 57.6 Å². The highest BCUT2D eigenvalue weighted by Crippen LogP contribution is 2.23. The van der Waals surface area contributed by atoms with E-state index in [1.807, 2.05) is 13.0 Å². The average Bonchev–Trinajstić information content (AvgIpc) is 2.79. The van der Waals surface area contributed by atoms with E-state index in [4.69, 9.17) is 5.11 Å². The molecule has 0 aliphatic heterocycles. The van der Waals surface area contributed by atoms with Gasteiger partial charge in [0.05, 0.1) is 0 Å². The van der Waals surface area contributed by atoms with Crippen molar-refractivity contribution in [3.05, 3.63) is 24.3 Å². The van der Waals surface area contributed by atoms with Gasteiger partial charge < -0.3 is 10.0 Å². The maximum absolute atomic E-state index is 11.9. The molecular weight excluding hydrogens is 218 g/mol. The minimum absolute atomic E-state index is 0.0915. The molecule has 0 aromatic heterocycles. The van der Waals surface area contributed by atoms with Crippen LogP contribution in [0.1, 0.15) is 32.6 Å². The maximum Gasteiger partial charge on any atom is 0.323 e. The molecule has 0 radical (unpaired) electrons. The van der Waals surface area contributed by atoms with Gasteiger partial charge in [-0.3, -0.25) is 9.59 Å². The summed E-state index contributed by atoms with van der Waals surface area (Å²) in [5.41, 5.74) is 0. The van der Waals surface area contributed by atoms with Crippen molar-refractivity contribution in [2.24, 2.45) is 0 Å². The van der Waals surface area contributed by atoms with E-state index in [-0.39, 0.29) is 18.5 Å². The fourth-order valence-corrected chi connectivity index (χ4v) is 2.09. The molecule has 0 spiro atoms. The summed E-state index contributed by atoms with van der Waals surface area (Å²) >= 11 is 0. The number of carboxylic acid groups (broad SMARTS) is 1. The van der Waals surface area contributed by atoms with Gasteiger partial charge in [0.2, 0.25) is 5.91 Å². The third-order valence-corrected chi connectivity index (χ3v) is 2.90. The molecule has 1 amide bonds. The molecule has 1 aliphatic carbocycles. The fraction of sp³-hybridized carbons (Fsp3) is 0.538. The van der Waals surface area contributed by atoms with E-state index in [2.05, 4.69) is 0 Å². The Hall–Kier alpha value is -1.58. The van der Waals surface area contributed by atoms with Crippen LogP contribution in [0.5, 0.6) is 0 Å². The van der Waals surface area contributed by atoms with Gasteiger partial charge in [0.15, 0.2) is 0 Å². The van der Waals surface area contributed by atoms with Crippen molar-refractivity contribution in [3.8, 4) is 0 Å². The molecule has 1 saturated carbocycles. The molecular formula is C13H19NO3. The number of amides is 1. The number of allylic oxidation sites excluding steroid dienone is 3. The lowest BCUT2D eigenvalue weighted by molar-refractivity contribution is -0.144. The highest BCUT2D eigenvalue weighted by atomic mass is 16.4. The van der Waals surface area contributed by atoms with Gasteiger partial charge in [-0.25, -0.2) is 0 Å². The first-order valence-electron chi connectivity index (χ1n) is 5.97. The summed E-state index contributed by atoms with van der Waals surface area (Å²) in [6.45, 7) is 1.66. The van der Waals surface area contributed by atoms with Crippen molar-refractivity contribution < 1.29 is 14.7 Å². The van der Waals surface area contributed by atoms with Crippen LogP contribution in [0.15, 0.2) is 24.3 Å². The van der Waals surface area contributed by atoms with Gasteiger partial charge in [-0.1, -0.05) is 31.1 Å². The Labute approximate surface area is 102 Å². The smallest absolute Gasteiger partial charge is 0.323 e. The number of carbonyl (C=O) groups excluding carboxylic acids is 1. The van der Waals surface area contributed by atoms with Gasteiger partial charge in [-0.05, 0) is 19.8 Å². The van der Waals surface area contributed by atoms with Crippen LogP contribution in [-0.2, 0) is 9.59 Å². The molecule has 0 atom stereocenters. The summed E-state index contributed by atoms with van der Waals surface area (Å²) < 4.78 is 0. The molecule has 0 heterocycles. The molecule has 1 aliphatic rings. The minimum Gasteiger partial charge on any atom is -0.480 e. The summed E-state index contributed by atoms with van der Waals surface area (Å²) in [5, 5.41) is 8.83. The second-order valence-electron chi connectivity index (χ2n) is 4.18. The summed E-state index contributed by atoms with van der Waals surface area (Å²) in [7, 11) is 0. The van der Waals surface area contributed by atoms with Gasteiger partial charge in [0.25, 0.3) is 0 Å². The zero-order chi connectivity index (χ0) is 12.7. The molecule has 0 saturated heterocycles. The van der Waals surface area contributed by atoms with Crippen LogP contribution in [0.3, 0.4) is 0 Å². The monoisotopic (exact) mass is 237 g/mol. The molecule has 1 N–H and O–H groups in total. The fourth-order valence-electron chi connectivity index (χ4n) is 2.09. The van der Waals surface area contributed by atoms with Crippen LogP contribution in [0.4, 0.5) is 0 Å². The normalized spacial score (nSPS) is 17.0. The largest absolute Gasteiger partial charge is 0.480 e. The number of carboxylic acids is 1. The van der Waals surface area contributed by atoms with E-state index < -0.39 is 5.97 Å². The van der Waals surface area contributed by atoms with E-state index in [0.29, 0.717) is 0 Å². The Morgan fingerprint density at radius 1 is 1.29 bits per heavy atom. The number of rotatable bonds is 5. The highest BCUT2D eigenvalue weighted by Gasteiger charge is 2.26.